The van der Waals surface area contributed by atoms with Crippen molar-refractivity contribution in [3.05, 3.63) is 35.6 Å². The highest BCUT2D eigenvalue weighted by molar-refractivity contribution is 5.78. The quantitative estimate of drug-likeness (QED) is 0.760. The SMILES string of the molecule is COCC(O)CCNC(=O)Cc1ccccc1F. The van der Waals surface area contributed by atoms with E-state index in [0.717, 1.165) is 0 Å². The van der Waals surface area contributed by atoms with Gasteiger partial charge < -0.3 is 15.2 Å². The number of aliphatic hydroxyl groups excluding tert-OH is 1. The van der Waals surface area contributed by atoms with Gasteiger partial charge in [-0.15, -0.1) is 0 Å². The molecule has 0 saturated carbocycles. The van der Waals surface area contributed by atoms with E-state index >= 15 is 0 Å². The maximum atomic E-state index is 13.3. The lowest BCUT2D eigenvalue weighted by Crippen LogP contribution is -2.29. The number of hydrogen-bond donors (Lipinski definition) is 2. The van der Waals surface area contributed by atoms with Crippen molar-refractivity contribution in [3.8, 4) is 0 Å². The molecular weight excluding hydrogens is 237 g/mol. The zero-order chi connectivity index (χ0) is 13.4. The van der Waals surface area contributed by atoms with E-state index in [4.69, 9.17) is 4.74 Å². The summed E-state index contributed by atoms with van der Waals surface area (Å²) in [7, 11) is 1.50. The predicted molar refractivity (Wildman–Crippen MR) is 65.6 cm³/mol. The number of methoxy groups -OCH3 is 1. The van der Waals surface area contributed by atoms with Gasteiger partial charge in [0.15, 0.2) is 0 Å². The molecule has 0 radical (unpaired) electrons. The van der Waals surface area contributed by atoms with Crippen molar-refractivity contribution >= 4 is 5.91 Å². The van der Waals surface area contributed by atoms with E-state index in [0.29, 0.717) is 18.5 Å². The first kappa shape index (κ1) is 14.6. The summed E-state index contributed by atoms with van der Waals surface area (Å²) in [5, 5.41) is 12.0. The third-order valence-corrected chi connectivity index (χ3v) is 2.47. The van der Waals surface area contributed by atoms with Crippen LogP contribution >= 0.6 is 0 Å². The number of carbonyl (C=O) groups is 1. The summed E-state index contributed by atoms with van der Waals surface area (Å²) in [6.07, 6.45) is -0.173. The Balaban J connectivity index is 2.28. The number of halogens is 1. The van der Waals surface area contributed by atoms with E-state index in [9.17, 15) is 14.3 Å². The van der Waals surface area contributed by atoms with Gasteiger partial charge in [-0.2, -0.15) is 0 Å². The van der Waals surface area contributed by atoms with E-state index in [-0.39, 0.29) is 24.8 Å². The van der Waals surface area contributed by atoms with Crippen molar-refractivity contribution in [3.63, 3.8) is 0 Å². The first-order valence-electron chi connectivity index (χ1n) is 5.80. The van der Waals surface area contributed by atoms with Crippen LogP contribution < -0.4 is 5.32 Å². The molecular formula is C13H18FNO3. The molecule has 5 heteroatoms. The third kappa shape index (κ3) is 5.25. The van der Waals surface area contributed by atoms with Gasteiger partial charge in [-0.05, 0) is 18.1 Å². The Morgan fingerprint density at radius 3 is 2.89 bits per heavy atom. The number of nitrogens with one attached hydrogen (secondary N) is 1. The normalized spacial score (nSPS) is 12.2. The fraction of sp³-hybridized carbons (Fsp3) is 0.462. The second kappa shape index (κ2) is 7.79. The van der Waals surface area contributed by atoms with Crippen molar-refractivity contribution < 1.29 is 19.0 Å². The molecule has 0 spiro atoms. The minimum atomic E-state index is -0.594. The lowest BCUT2D eigenvalue weighted by Gasteiger charge is -2.10. The highest BCUT2D eigenvalue weighted by atomic mass is 19.1. The second-order valence-electron chi connectivity index (χ2n) is 4.02. The molecule has 1 atom stereocenters. The third-order valence-electron chi connectivity index (χ3n) is 2.47. The number of hydrogen-bond acceptors (Lipinski definition) is 3. The molecule has 0 aliphatic carbocycles. The lowest BCUT2D eigenvalue weighted by atomic mass is 10.1. The molecule has 0 aliphatic rings. The van der Waals surface area contributed by atoms with E-state index in [2.05, 4.69) is 5.32 Å². The average molecular weight is 255 g/mol. The van der Waals surface area contributed by atoms with Gasteiger partial charge in [0.05, 0.1) is 19.1 Å². The van der Waals surface area contributed by atoms with Gasteiger partial charge in [-0.3, -0.25) is 4.79 Å². The Morgan fingerprint density at radius 2 is 2.22 bits per heavy atom. The van der Waals surface area contributed by atoms with Crippen LogP contribution in [0.2, 0.25) is 0 Å². The van der Waals surface area contributed by atoms with Gasteiger partial charge in [0.25, 0.3) is 0 Å². The molecule has 100 valence electrons. The van der Waals surface area contributed by atoms with Crippen molar-refractivity contribution in [1.82, 2.24) is 5.32 Å². The van der Waals surface area contributed by atoms with Crippen molar-refractivity contribution in [2.45, 2.75) is 18.9 Å². The standard InChI is InChI=1S/C13H18FNO3/c1-18-9-11(16)6-7-15-13(17)8-10-4-2-3-5-12(10)14/h2-5,11,16H,6-9H2,1H3,(H,15,17). The number of carbonyl (C=O) groups excluding carboxylic acids is 1. The number of rotatable bonds is 7. The van der Waals surface area contributed by atoms with E-state index < -0.39 is 6.10 Å². The van der Waals surface area contributed by atoms with Crippen LogP contribution in [0, 0.1) is 5.82 Å². The topological polar surface area (TPSA) is 58.6 Å². The summed E-state index contributed by atoms with van der Waals surface area (Å²) < 4.78 is 18.0. The van der Waals surface area contributed by atoms with Gasteiger partial charge in [0, 0.05) is 13.7 Å². The molecule has 1 unspecified atom stereocenters. The van der Waals surface area contributed by atoms with E-state index in [1.807, 2.05) is 0 Å². The van der Waals surface area contributed by atoms with Gasteiger partial charge in [-0.1, -0.05) is 18.2 Å². The number of ether oxygens (including phenoxy) is 1. The lowest BCUT2D eigenvalue weighted by molar-refractivity contribution is -0.120. The van der Waals surface area contributed by atoms with Crippen LogP contribution in [0.4, 0.5) is 4.39 Å². The maximum absolute atomic E-state index is 13.3. The fourth-order valence-electron chi connectivity index (χ4n) is 1.53. The maximum Gasteiger partial charge on any atom is 0.224 e. The molecule has 0 aliphatic heterocycles. The molecule has 2 N–H and O–H groups in total. The Labute approximate surface area is 106 Å². The van der Waals surface area contributed by atoms with Crippen LogP contribution in [0.5, 0.6) is 0 Å². The van der Waals surface area contributed by atoms with E-state index in [1.165, 1.54) is 13.2 Å². The monoisotopic (exact) mass is 255 g/mol. The minimum Gasteiger partial charge on any atom is -0.391 e. The molecule has 18 heavy (non-hydrogen) atoms. The van der Waals surface area contributed by atoms with Gasteiger partial charge in [0.2, 0.25) is 5.91 Å². The summed E-state index contributed by atoms with van der Waals surface area (Å²) in [4.78, 5) is 11.5. The summed E-state index contributed by atoms with van der Waals surface area (Å²) in [5.74, 6) is -0.642. The minimum absolute atomic E-state index is 0.00699. The first-order valence-corrected chi connectivity index (χ1v) is 5.80. The molecule has 0 aromatic heterocycles. The highest BCUT2D eigenvalue weighted by Gasteiger charge is 2.08. The number of aliphatic hydroxyl groups is 1. The molecule has 0 fully saturated rings. The molecule has 0 bridgehead atoms. The average Bonchev–Trinajstić information content (AvgIpc) is 2.32. The molecule has 1 amide bonds. The Hall–Kier alpha value is -1.46. The van der Waals surface area contributed by atoms with Gasteiger partial charge in [0.1, 0.15) is 5.82 Å². The first-order chi connectivity index (χ1) is 8.63. The van der Waals surface area contributed by atoms with Crippen LogP contribution in [0.1, 0.15) is 12.0 Å². The van der Waals surface area contributed by atoms with Gasteiger partial charge >= 0.3 is 0 Å². The zero-order valence-electron chi connectivity index (χ0n) is 10.4. The van der Waals surface area contributed by atoms with Crippen molar-refractivity contribution in [2.24, 2.45) is 0 Å². The molecule has 1 aromatic carbocycles. The smallest absolute Gasteiger partial charge is 0.224 e. The van der Waals surface area contributed by atoms with Crippen LogP contribution in [0.15, 0.2) is 24.3 Å². The fourth-order valence-corrected chi connectivity index (χ4v) is 1.53. The summed E-state index contributed by atoms with van der Waals surface area (Å²) in [6.45, 7) is 0.584. The predicted octanol–water partition coefficient (Wildman–Crippen LogP) is 0.882. The number of benzene rings is 1. The van der Waals surface area contributed by atoms with Crippen LogP contribution in [0.3, 0.4) is 0 Å². The molecule has 1 aromatic rings. The Bertz CT molecular complexity index is 384. The summed E-state index contributed by atoms with van der Waals surface area (Å²) >= 11 is 0. The highest BCUT2D eigenvalue weighted by Crippen LogP contribution is 2.06. The summed E-state index contributed by atoms with van der Waals surface area (Å²) in [6, 6.07) is 6.17. The van der Waals surface area contributed by atoms with Crippen LogP contribution in [0.25, 0.3) is 0 Å². The summed E-state index contributed by atoms with van der Waals surface area (Å²) in [5.41, 5.74) is 0.368. The molecule has 0 heterocycles. The van der Waals surface area contributed by atoms with Crippen LogP contribution in [-0.4, -0.2) is 37.4 Å². The molecule has 4 nitrogen and oxygen atoms in total. The molecule has 1 rings (SSSR count). The van der Waals surface area contributed by atoms with Gasteiger partial charge in [-0.25, -0.2) is 4.39 Å². The second-order valence-corrected chi connectivity index (χ2v) is 4.02. The van der Waals surface area contributed by atoms with Crippen molar-refractivity contribution in [2.75, 3.05) is 20.3 Å². The molecule has 0 saturated heterocycles. The van der Waals surface area contributed by atoms with Crippen LogP contribution in [-0.2, 0) is 16.0 Å². The Morgan fingerprint density at radius 1 is 1.50 bits per heavy atom. The zero-order valence-corrected chi connectivity index (χ0v) is 10.4. The Kier molecular flexibility index (Phi) is 6.32. The van der Waals surface area contributed by atoms with E-state index in [1.54, 1.807) is 18.2 Å². The van der Waals surface area contributed by atoms with Crippen molar-refractivity contribution in [1.29, 1.82) is 0 Å². The largest absolute Gasteiger partial charge is 0.391 e. The number of amides is 1.